The van der Waals surface area contributed by atoms with Crippen LogP contribution >= 0.6 is 0 Å². The number of nitrogens with two attached hydrogens (primary N) is 1. The van der Waals surface area contributed by atoms with E-state index in [1.54, 1.807) is 23.2 Å². The number of nitrogens with one attached hydrogen (secondary N) is 1. The van der Waals surface area contributed by atoms with E-state index in [9.17, 15) is 37.1 Å². The summed E-state index contributed by atoms with van der Waals surface area (Å²) in [6, 6.07) is 10.4. The van der Waals surface area contributed by atoms with Crippen molar-refractivity contribution in [1.82, 2.24) is 19.7 Å². The Labute approximate surface area is 356 Å². The van der Waals surface area contributed by atoms with E-state index < -0.39 is 46.9 Å². The van der Waals surface area contributed by atoms with Gasteiger partial charge < -0.3 is 30.5 Å². The second-order valence-electron chi connectivity index (χ2n) is 16.5. The number of aldehydes is 1. The number of hydrogen-bond acceptors (Lipinski definition) is 11. The summed E-state index contributed by atoms with van der Waals surface area (Å²) in [5.41, 5.74) is 5.43. The maximum absolute atomic E-state index is 15.4. The van der Waals surface area contributed by atoms with Crippen molar-refractivity contribution >= 4 is 47.1 Å². The molecule has 3 fully saturated rings. The largest absolute Gasteiger partial charge is 0.417 e. The van der Waals surface area contributed by atoms with Gasteiger partial charge >= 0.3 is 6.18 Å². The molecule has 14 nitrogen and oxygen atoms in total. The van der Waals surface area contributed by atoms with Crippen LogP contribution in [0.2, 0.25) is 0 Å². The number of nitriles is 1. The molecule has 0 radical (unpaired) electrons. The standard InChI is InChI=1S/C44H49F4N9O5/c45-37-23-34-35(43(62)57(42(34)61)33(27-58)4-5-39(50)59)24-38(37)56-19-17-54(18-20-56)16-15-53-11-7-28(8-12-53)21-29-1-6-40(51-26-29)52-41(60)30-9-13-55(14-10-30)32-3-2-31(25-49)36(22-32)44(46,47)48/h1-3,6,22-24,26-28,30,33H,4-5,7-21H2,(H2,50,59)(H,51,52,60). The number of carbonyl (C=O) groups is 5. The van der Waals surface area contributed by atoms with E-state index in [0.29, 0.717) is 75.8 Å². The lowest BCUT2D eigenvalue weighted by molar-refractivity contribution is -0.137. The van der Waals surface area contributed by atoms with Crippen molar-refractivity contribution in [2.45, 2.75) is 57.2 Å². The zero-order valence-corrected chi connectivity index (χ0v) is 34.2. The molecular weight excluding hydrogens is 811 g/mol. The van der Waals surface area contributed by atoms with Gasteiger partial charge in [0.25, 0.3) is 11.8 Å². The maximum atomic E-state index is 15.4. The summed E-state index contributed by atoms with van der Waals surface area (Å²) in [5, 5.41) is 12.0. The van der Waals surface area contributed by atoms with Crippen molar-refractivity contribution in [3.05, 3.63) is 82.3 Å². The van der Waals surface area contributed by atoms with Crippen LogP contribution in [0.25, 0.3) is 0 Å². The van der Waals surface area contributed by atoms with Crippen LogP contribution in [0.1, 0.15) is 75.9 Å². The molecule has 18 heteroatoms. The fraction of sp³-hybridized carbons (Fsp3) is 0.477. The third-order valence-corrected chi connectivity index (χ3v) is 12.6. The molecule has 0 bridgehead atoms. The molecule has 1 atom stereocenters. The Morgan fingerprint density at radius 1 is 0.887 bits per heavy atom. The van der Waals surface area contributed by atoms with Crippen LogP contribution in [0.4, 0.5) is 34.8 Å². The van der Waals surface area contributed by atoms with Gasteiger partial charge in [0.1, 0.15) is 17.9 Å². The van der Waals surface area contributed by atoms with Crippen LogP contribution in [0, 0.1) is 29.0 Å². The normalized spacial score (nSPS) is 18.7. The third kappa shape index (κ3) is 10.1. The van der Waals surface area contributed by atoms with Crippen LogP contribution in [-0.4, -0.2) is 121 Å². The van der Waals surface area contributed by atoms with E-state index in [1.165, 1.54) is 18.2 Å². The lowest BCUT2D eigenvalue weighted by Gasteiger charge is -2.38. The number of anilines is 3. The van der Waals surface area contributed by atoms with E-state index in [1.807, 2.05) is 11.0 Å². The van der Waals surface area contributed by atoms with Gasteiger partial charge in [-0.1, -0.05) is 6.07 Å². The van der Waals surface area contributed by atoms with Crippen molar-refractivity contribution < 1.29 is 41.5 Å². The quantitative estimate of drug-likeness (QED) is 0.133. The number of rotatable bonds is 14. The summed E-state index contributed by atoms with van der Waals surface area (Å²) in [6.45, 7) is 7.00. The molecule has 0 saturated carbocycles. The number of piperidine rings is 2. The summed E-state index contributed by atoms with van der Waals surface area (Å²) < 4.78 is 55.7. The highest BCUT2D eigenvalue weighted by Gasteiger charge is 2.41. The highest BCUT2D eigenvalue weighted by Crippen LogP contribution is 2.36. The molecule has 0 spiro atoms. The number of piperazine rings is 1. The minimum absolute atomic E-state index is 0.0344. The van der Waals surface area contributed by atoms with Gasteiger partial charge in [-0.15, -0.1) is 0 Å². The van der Waals surface area contributed by atoms with Crippen LogP contribution < -0.4 is 20.9 Å². The first-order valence-electron chi connectivity index (χ1n) is 21.0. The monoisotopic (exact) mass is 859 g/mol. The van der Waals surface area contributed by atoms with Gasteiger partial charge in [-0.05, 0) is 99.5 Å². The van der Waals surface area contributed by atoms with Crippen molar-refractivity contribution in [3.63, 3.8) is 0 Å². The molecule has 1 unspecified atom stereocenters. The number of pyridine rings is 1. The molecule has 1 aromatic heterocycles. The molecule has 4 aliphatic rings. The Balaban J connectivity index is 0.805. The number of nitrogens with zero attached hydrogens (tertiary/aromatic N) is 7. The minimum atomic E-state index is -4.63. The topological polar surface area (TPSA) is 176 Å². The van der Waals surface area contributed by atoms with Gasteiger partial charge in [-0.3, -0.25) is 29.0 Å². The number of likely N-dealkylation sites (tertiary alicyclic amines) is 1. The summed E-state index contributed by atoms with van der Waals surface area (Å²) >= 11 is 0. The first-order valence-corrected chi connectivity index (χ1v) is 21.0. The van der Waals surface area contributed by atoms with Crippen molar-refractivity contribution in [1.29, 1.82) is 5.26 Å². The number of halogens is 4. The summed E-state index contributed by atoms with van der Waals surface area (Å²) in [4.78, 5) is 75.9. The van der Waals surface area contributed by atoms with E-state index in [4.69, 9.17) is 11.0 Å². The van der Waals surface area contributed by atoms with Crippen molar-refractivity contribution in [2.24, 2.45) is 17.6 Å². The predicted molar refractivity (Wildman–Crippen MR) is 221 cm³/mol. The molecular formula is C44H49F4N9O5. The number of benzene rings is 2. The molecule has 3 saturated heterocycles. The van der Waals surface area contributed by atoms with Crippen LogP contribution in [0.5, 0.6) is 0 Å². The number of carbonyl (C=O) groups excluding carboxylic acids is 5. The Kier molecular flexibility index (Phi) is 13.5. The fourth-order valence-electron chi connectivity index (χ4n) is 8.91. The number of primary amides is 1. The second-order valence-corrected chi connectivity index (χ2v) is 16.5. The molecule has 3 aromatic rings. The van der Waals surface area contributed by atoms with E-state index >= 15 is 4.39 Å². The molecule has 2 aromatic carbocycles. The van der Waals surface area contributed by atoms with Gasteiger partial charge in [-0.2, -0.15) is 18.4 Å². The molecule has 7 rings (SSSR count). The first kappa shape index (κ1) is 44.1. The van der Waals surface area contributed by atoms with E-state index in [-0.39, 0.29) is 41.5 Å². The Hall–Kier alpha value is -5.93. The lowest BCUT2D eigenvalue weighted by Crippen LogP contribution is -2.49. The van der Waals surface area contributed by atoms with Gasteiger partial charge in [-0.25, -0.2) is 9.37 Å². The fourth-order valence-corrected chi connectivity index (χ4v) is 8.91. The SMILES string of the molecule is N#Cc1ccc(N2CCC(C(=O)Nc3ccc(CC4CCN(CCN5CCN(c6cc7c(cc6F)C(=O)N(C(C=O)CCC(N)=O)C7=O)CC5)CC4)cn3)CC2)cc1C(F)(F)F. The summed E-state index contributed by atoms with van der Waals surface area (Å²) in [6.07, 6.45) is 1.22. The number of alkyl halides is 3. The smallest absolute Gasteiger partial charge is 0.371 e. The van der Waals surface area contributed by atoms with Gasteiger partial charge in [0.15, 0.2) is 0 Å². The maximum Gasteiger partial charge on any atom is 0.417 e. The van der Waals surface area contributed by atoms with Gasteiger partial charge in [0.05, 0.1) is 40.1 Å². The van der Waals surface area contributed by atoms with Crippen LogP contribution in [-0.2, 0) is 27.0 Å². The molecule has 4 amide bonds. The Morgan fingerprint density at radius 2 is 1.55 bits per heavy atom. The summed E-state index contributed by atoms with van der Waals surface area (Å²) in [7, 11) is 0. The highest BCUT2D eigenvalue weighted by molar-refractivity contribution is 6.22. The molecule has 328 valence electrons. The van der Waals surface area contributed by atoms with E-state index in [2.05, 4.69) is 20.1 Å². The average molecular weight is 860 g/mol. The summed E-state index contributed by atoms with van der Waals surface area (Å²) in [5.74, 6) is -2.26. The van der Waals surface area contributed by atoms with Crippen LogP contribution in [0.3, 0.4) is 0 Å². The second kappa shape index (κ2) is 19.0. The lowest BCUT2D eigenvalue weighted by atomic mass is 9.90. The van der Waals surface area contributed by atoms with Crippen molar-refractivity contribution in [2.75, 3.05) is 80.6 Å². The minimum Gasteiger partial charge on any atom is -0.371 e. The number of imide groups is 1. The molecule has 0 aliphatic carbocycles. The van der Waals surface area contributed by atoms with E-state index in [0.717, 1.165) is 68.0 Å². The highest BCUT2D eigenvalue weighted by atomic mass is 19.4. The zero-order chi connectivity index (χ0) is 44.1. The Bertz CT molecular complexity index is 2210. The molecule has 4 aliphatic heterocycles. The predicted octanol–water partition coefficient (Wildman–Crippen LogP) is 4.47. The van der Waals surface area contributed by atoms with Gasteiger partial charge in [0, 0.05) is 76.6 Å². The molecule has 3 N–H and O–H groups in total. The average Bonchev–Trinajstić information content (AvgIpc) is 3.50. The van der Waals surface area contributed by atoms with Crippen molar-refractivity contribution in [3.8, 4) is 6.07 Å². The first-order chi connectivity index (χ1) is 29.7. The molecule has 62 heavy (non-hydrogen) atoms. The van der Waals surface area contributed by atoms with Gasteiger partial charge in [0.2, 0.25) is 11.8 Å². The Morgan fingerprint density at radius 3 is 2.15 bits per heavy atom. The van der Waals surface area contributed by atoms with Crippen LogP contribution in [0.15, 0.2) is 48.7 Å². The third-order valence-electron chi connectivity index (χ3n) is 12.6. The number of fused-ring (bicyclic) bond motifs is 1. The molecule has 5 heterocycles. The zero-order valence-electron chi connectivity index (χ0n) is 34.2. The number of amides is 4. The number of aromatic nitrogens is 1. The number of hydrogen-bond donors (Lipinski definition) is 2.